The van der Waals surface area contributed by atoms with Gasteiger partial charge in [0.25, 0.3) is 0 Å². The summed E-state index contributed by atoms with van der Waals surface area (Å²) in [6.07, 6.45) is 5.32. The third-order valence-corrected chi connectivity index (χ3v) is 3.82. The zero-order valence-corrected chi connectivity index (χ0v) is 7.84. The predicted molar refractivity (Wildman–Crippen MR) is 49.0 cm³/mol. The zero-order valence-electron chi connectivity index (χ0n) is 7.03. The number of fused-ring (bicyclic) bond motifs is 2. The van der Waals surface area contributed by atoms with Crippen LogP contribution in [0.3, 0.4) is 0 Å². The Labute approximate surface area is 76.4 Å². The third kappa shape index (κ3) is 1.26. The molecule has 1 fully saturated rings. The maximum absolute atomic E-state index is 11.4. The average Bonchev–Trinajstić information content (AvgIpc) is 2.64. The van der Waals surface area contributed by atoms with Crippen LogP contribution in [0.2, 0.25) is 0 Å². The molecule has 0 aromatic rings. The molecule has 0 aliphatic carbocycles. The van der Waals surface area contributed by atoms with Crippen molar-refractivity contribution in [3.05, 3.63) is 12.2 Å². The van der Waals surface area contributed by atoms with Crippen LogP contribution in [-0.4, -0.2) is 23.1 Å². The summed E-state index contributed by atoms with van der Waals surface area (Å²) in [5, 5.41) is 0.971. The molecular formula is C9H12O2S. The first-order valence-electron chi connectivity index (χ1n) is 4.31. The summed E-state index contributed by atoms with van der Waals surface area (Å²) in [6.45, 7) is 2.36. The monoisotopic (exact) mass is 184 g/mol. The van der Waals surface area contributed by atoms with Gasteiger partial charge >= 0.3 is 5.97 Å². The molecule has 2 aliphatic heterocycles. The van der Waals surface area contributed by atoms with Crippen molar-refractivity contribution in [2.24, 2.45) is 5.92 Å². The van der Waals surface area contributed by atoms with E-state index >= 15 is 0 Å². The van der Waals surface area contributed by atoms with Crippen LogP contribution in [0.15, 0.2) is 12.2 Å². The molecule has 3 heteroatoms. The first-order chi connectivity index (χ1) is 5.81. The van der Waals surface area contributed by atoms with Gasteiger partial charge in [0.1, 0.15) is 0 Å². The lowest BCUT2D eigenvalue weighted by atomic mass is 9.95. The Kier molecular flexibility index (Phi) is 2.13. The van der Waals surface area contributed by atoms with E-state index in [2.05, 4.69) is 12.2 Å². The number of carbonyl (C=O) groups is 1. The number of hydrogen-bond acceptors (Lipinski definition) is 3. The lowest BCUT2D eigenvalue weighted by Gasteiger charge is -2.14. The molecule has 12 heavy (non-hydrogen) atoms. The van der Waals surface area contributed by atoms with Crippen molar-refractivity contribution in [3.8, 4) is 0 Å². The van der Waals surface area contributed by atoms with E-state index < -0.39 is 0 Å². The van der Waals surface area contributed by atoms with E-state index in [-0.39, 0.29) is 11.9 Å². The van der Waals surface area contributed by atoms with Crippen molar-refractivity contribution in [1.82, 2.24) is 0 Å². The number of esters is 1. The Hall–Kier alpha value is -0.440. The minimum atomic E-state index is -0.0122. The largest absolute Gasteiger partial charge is 0.466 e. The van der Waals surface area contributed by atoms with Crippen molar-refractivity contribution in [1.29, 1.82) is 0 Å². The predicted octanol–water partition coefficient (Wildman–Crippen LogP) is 1.61. The highest BCUT2D eigenvalue weighted by Gasteiger charge is 2.41. The molecule has 0 N–H and O–H groups in total. The molecule has 2 bridgehead atoms. The third-order valence-electron chi connectivity index (χ3n) is 2.32. The Bertz CT molecular complexity index is 225. The minimum absolute atomic E-state index is 0.0122. The highest BCUT2D eigenvalue weighted by molar-refractivity contribution is 8.01. The van der Waals surface area contributed by atoms with Gasteiger partial charge in [0.15, 0.2) is 0 Å². The standard InChI is InChI=1S/C9H12O2S/c1-2-11-9(10)7-5-6-3-4-8(7)12-6/h3-4,6-8H,2,5H2,1H3. The molecule has 0 saturated carbocycles. The molecule has 1 saturated heterocycles. The summed E-state index contributed by atoms with van der Waals surface area (Å²) in [6, 6.07) is 0. The van der Waals surface area contributed by atoms with Crippen molar-refractivity contribution in [3.63, 3.8) is 0 Å². The molecular weight excluding hydrogens is 172 g/mol. The Balaban J connectivity index is 1.98. The SMILES string of the molecule is CCOC(=O)C1CC2C=CC1S2. The Morgan fingerprint density at radius 3 is 3.00 bits per heavy atom. The number of carbonyl (C=O) groups excluding carboxylic acids is 1. The van der Waals surface area contributed by atoms with Crippen LogP contribution >= 0.6 is 11.8 Å². The minimum Gasteiger partial charge on any atom is -0.466 e. The second-order valence-electron chi connectivity index (χ2n) is 3.12. The molecule has 3 unspecified atom stereocenters. The maximum atomic E-state index is 11.4. The van der Waals surface area contributed by atoms with Gasteiger partial charge in [0.05, 0.1) is 12.5 Å². The average molecular weight is 184 g/mol. The maximum Gasteiger partial charge on any atom is 0.310 e. The topological polar surface area (TPSA) is 26.3 Å². The van der Waals surface area contributed by atoms with Crippen LogP contribution in [0, 0.1) is 5.92 Å². The summed E-state index contributed by atoms with van der Waals surface area (Å²) in [5.41, 5.74) is 0. The van der Waals surface area contributed by atoms with Gasteiger partial charge in [0, 0.05) is 10.5 Å². The fourth-order valence-corrected chi connectivity index (χ4v) is 3.25. The van der Waals surface area contributed by atoms with E-state index in [1.54, 1.807) is 0 Å². The second kappa shape index (κ2) is 3.13. The van der Waals surface area contributed by atoms with E-state index in [0.717, 1.165) is 6.42 Å². The Morgan fingerprint density at radius 2 is 2.50 bits per heavy atom. The van der Waals surface area contributed by atoms with E-state index in [1.807, 2.05) is 18.7 Å². The number of hydrogen-bond donors (Lipinski definition) is 0. The molecule has 0 radical (unpaired) electrons. The molecule has 2 heterocycles. The number of ether oxygens (including phenoxy) is 1. The normalized spacial score (nSPS) is 37.2. The second-order valence-corrected chi connectivity index (χ2v) is 4.54. The summed E-state index contributed by atoms with van der Waals surface area (Å²) in [5.74, 6) is 0.117. The fraction of sp³-hybridized carbons (Fsp3) is 0.667. The lowest BCUT2D eigenvalue weighted by molar-refractivity contribution is -0.147. The molecule has 66 valence electrons. The molecule has 0 aromatic heterocycles. The van der Waals surface area contributed by atoms with Gasteiger partial charge in [-0.3, -0.25) is 4.79 Å². The molecule has 0 spiro atoms. The Morgan fingerprint density at radius 1 is 1.67 bits per heavy atom. The number of thioether (sulfide) groups is 1. The number of rotatable bonds is 2. The van der Waals surface area contributed by atoms with Crippen LogP contribution < -0.4 is 0 Å². The first kappa shape index (κ1) is 8.17. The van der Waals surface area contributed by atoms with Crippen molar-refractivity contribution >= 4 is 17.7 Å². The smallest absolute Gasteiger partial charge is 0.310 e. The summed E-state index contributed by atoms with van der Waals surface area (Å²) < 4.78 is 4.99. The van der Waals surface area contributed by atoms with Gasteiger partial charge in [-0.2, -0.15) is 0 Å². The first-order valence-corrected chi connectivity index (χ1v) is 5.26. The lowest BCUT2D eigenvalue weighted by Crippen LogP contribution is -2.24. The van der Waals surface area contributed by atoms with Gasteiger partial charge in [-0.05, 0) is 13.3 Å². The van der Waals surface area contributed by atoms with E-state index in [4.69, 9.17) is 4.74 Å². The van der Waals surface area contributed by atoms with Crippen molar-refractivity contribution < 1.29 is 9.53 Å². The fourth-order valence-electron chi connectivity index (χ4n) is 1.75. The van der Waals surface area contributed by atoms with E-state index in [1.165, 1.54) is 0 Å². The summed E-state index contributed by atoms with van der Waals surface area (Å²) >= 11 is 1.88. The molecule has 2 aliphatic rings. The molecule has 0 aromatic carbocycles. The quantitative estimate of drug-likeness (QED) is 0.482. The highest BCUT2D eigenvalue weighted by Crippen LogP contribution is 2.45. The molecule has 0 amide bonds. The van der Waals surface area contributed by atoms with Crippen LogP contribution in [0.25, 0.3) is 0 Å². The van der Waals surface area contributed by atoms with Crippen molar-refractivity contribution in [2.75, 3.05) is 6.61 Å². The highest BCUT2D eigenvalue weighted by atomic mass is 32.2. The van der Waals surface area contributed by atoms with Gasteiger partial charge in [-0.1, -0.05) is 12.2 Å². The van der Waals surface area contributed by atoms with Gasteiger partial charge < -0.3 is 4.74 Å². The van der Waals surface area contributed by atoms with E-state index in [9.17, 15) is 4.79 Å². The van der Waals surface area contributed by atoms with Gasteiger partial charge in [0.2, 0.25) is 0 Å². The van der Waals surface area contributed by atoms with Gasteiger partial charge in [-0.25, -0.2) is 0 Å². The van der Waals surface area contributed by atoms with Crippen LogP contribution in [0.5, 0.6) is 0 Å². The van der Waals surface area contributed by atoms with Crippen LogP contribution in [0.1, 0.15) is 13.3 Å². The van der Waals surface area contributed by atoms with Gasteiger partial charge in [-0.15, -0.1) is 11.8 Å². The van der Waals surface area contributed by atoms with Crippen LogP contribution in [0.4, 0.5) is 0 Å². The molecule has 2 nitrogen and oxygen atoms in total. The molecule has 3 atom stereocenters. The van der Waals surface area contributed by atoms with E-state index in [0.29, 0.717) is 17.1 Å². The summed E-state index contributed by atoms with van der Waals surface area (Å²) in [4.78, 5) is 11.4. The van der Waals surface area contributed by atoms with Crippen molar-refractivity contribution in [2.45, 2.75) is 23.8 Å². The molecule has 2 rings (SSSR count). The van der Waals surface area contributed by atoms with Crippen LogP contribution in [-0.2, 0) is 9.53 Å². The summed E-state index contributed by atoms with van der Waals surface area (Å²) in [7, 11) is 0. The zero-order chi connectivity index (χ0) is 8.55.